The number of piperidine rings is 1. The number of Topliss-reactive ketones (excluding diaryl/α,β-unsaturated/α-hetero) is 1. The second-order valence-corrected chi connectivity index (χ2v) is 5.20. The molecule has 0 bridgehead atoms. The summed E-state index contributed by atoms with van der Waals surface area (Å²) < 4.78 is 0. The van der Waals surface area contributed by atoms with E-state index in [-0.39, 0.29) is 5.92 Å². The zero-order valence-corrected chi connectivity index (χ0v) is 11.3. The maximum Gasteiger partial charge on any atom is 0.166 e. The Morgan fingerprint density at radius 3 is 2.50 bits per heavy atom. The van der Waals surface area contributed by atoms with Gasteiger partial charge in [0.05, 0.1) is 0 Å². The van der Waals surface area contributed by atoms with E-state index >= 15 is 0 Å². The third-order valence-electron chi connectivity index (χ3n) is 3.84. The van der Waals surface area contributed by atoms with E-state index in [4.69, 9.17) is 0 Å². The molecule has 2 nitrogen and oxygen atoms in total. The minimum absolute atomic E-state index is 0.241. The molecule has 0 N–H and O–H groups in total. The Kier molecular flexibility index (Phi) is 4.94. The lowest BCUT2D eigenvalue weighted by Gasteiger charge is -2.31. The zero-order chi connectivity index (χ0) is 12.8. The zero-order valence-electron chi connectivity index (χ0n) is 11.3. The highest BCUT2D eigenvalue weighted by Crippen LogP contribution is 2.21. The van der Waals surface area contributed by atoms with E-state index in [1.165, 1.54) is 19.4 Å². The second kappa shape index (κ2) is 6.69. The number of hydrogen-bond acceptors (Lipinski definition) is 2. The van der Waals surface area contributed by atoms with Crippen LogP contribution in [0.4, 0.5) is 0 Å². The average Bonchev–Trinajstić information content (AvgIpc) is 2.46. The van der Waals surface area contributed by atoms with E-state index in [0.29, 0.717) is 5.78 Å². The predicted molar refractivity (Wildman–Crippen MR) is 74.8 cm³/mol. The van der Waals surface area contributed by atoms with E-state index in [1.54, 1.807) is 0 Å². The lowest BCUT2D eigenvalue weighted by Crippen LogP contribution is -2.36. The molecule has 1 heterocycles. The van der Waals surface area contributed by atoms with Crippen molar-refractivity contribution in [3.8, 4) is 0 Å². The summed E-state index contributed by atoms with van der Waals surface area (Å²) in [6, 6.07) is 9.73. The van der Waals surface area contributed by atoms with Crippen molar-refractivity contribution < 1.29 is 4.79 Å². The van der Waals surface area contributed by atoms with Gasteiger partial charge in [-0.3, -0.25) is 4.79 Å². The van der Waals surface area contributed by atoms with Crippen LogP contribution >= 0.6 is 0 Å². The van der Waals surface area contributed by atoms with Gasteiger partial charge in [-0.25, -0.2) is 0 Å². The quantitative estimate of drug-likeness (QED) is 0.741. The van der Waals surface area contributed by atoms with Crippen LogP contribution in [0.5, 0.6) is 0 Å². The van der Waals surface area contributed by atoms with Gasteiger partial charge in [-0.05, 0) is 38.9 Å². The molecule has 0 amide bonds. The Labute approximate surface area is 110 Å². The number of ketones is 1. The third-order valence-corrected chi connectivity index (χ3v) is 3.84. The van der Waals surface area contributed by atoms with Gasteiger partial charge in [0, 0.05) is 11.5 Å². The maximum atomic E-state index is 12.3. The molecule has 2 heteroatoms. The largest absolute Gasteiger partial charge is 0.303 e. The number of carbonyl (C=O) groups is 1. The molecule has 1 aromatic carbocycles. The summed E-state index contributed by atoms with van der Waals surface area (Å²) >= 11 is 0. The number of hydrogen-bond donors (Lipinski definition) is 0. The molecule has 0 saturated carbocycles. The smallest absolute Gasteiger partial charge is 0.166 e. The highest BCUT2D eigenvalue weighted by Gasteiger charge is 2.25. The van der Waals surface area contributed by atoms with Crippen molar-refractivity contribution in [1.29, 1.82) is 0 Å². The minimum atomic E-state index is 0.241. The molecule has 0 aromatic heterocycles. The van der Waals surface area contributed by atoms with Gasteiger partial charge in [0.1, 0.15) is 0 Å². The summed E-state index contributed by atoms with van der Waals surface area (Å²) in [6.45, 7) is 5.60. The van der Waals surface area contributed by atoms with Crippen molar-refractivity contribution in [3.05, 3.63) is 35.9 Å². The second-order valence-electron chi connectivity index (χ2n) is 5.20. The molecular weight excluding hydrogens is 222 g/mol. The van der Waals surface area contributed by atoms with Crippen LogP contribution in [0.25, 0.3) is 0 Å². The number of benzene rings is 1. The third kappa shape index (κ3) is 3.42. The van der Waals surface area contributed by atoms with Crippen molar-refractivity contribution in [2.24, 2.45) is 5.92 Å². The summed E-state index contributed by atoms with van der Waals surface area (Å²) in [5, 5.41) is 0. The normalized spacial score (nSPS) is 17.8. The van der Waals surface area contributed by atoms with Crippen LogP contribution in [-0.4, -0.2) is 30.3 Å². The molecule has 0 unspecified atom stereocenters. The van der Waals surface area contributed by atoms with Crippen molar-refractivity contribution >= 4 is 5.78 Å². The molecule has 2 rings (SSSR count). The van der Waals surface area contributed by atoms with Gasteiger partial charge >= 0.3 is 0 Å². The number of carbonyl (C=O) groups excluding carboxylic acids is 1. The van der Waals surface area contributed by atoms with Crippen molar-refractivity contribution in [2.75, 3.05) is 19.6 Å². The van der Waals surface area contributed by atoms with Crippen LogP contribution in [0.2, 0.25) is 0 Å². The van der Waals surface area contributed by atoms with Crippen LogP contribution in [0.1, 0.15) is 43.0 Å². The van der Waals surface area contributed by atoms with E-state index < -0.39 is 0 Å². The molecule has 18 heavy (non-hydrogen) atoms. The average molecular weight is 245 g/mol. The van der Waals surface area contributed by atoms with Gasteiger partial charge in [-0.1, -0.05) is 43.7 Å². The summed E-state index contributed by atoms with van der Waals surface area (Å²) in [5.41, 5.74) is 0.879. The monoisotopic (exact) mass is 245 g/mol. The molecule has 0 aliphatic carbocycles. The van der Waals surface area contributed by atoms with Gasteiger partial charge in [-0.2, -0.15) is 0 Å². The molecule has 0 spiro atoms. The van der Waals surface area contributed by atoms with Crippen LogP contribution in [-0.2, 0) is 0 Å². The summed E-state index contributed by atoms with van der Waals surface area (Å²) in [5.74, 6) is 0.580. The minimum Gasteiger partial charge on any atom is -0.303 e. The number of nitrogens with zero attached hydrogens (tertiary/aromatic N) is 1. The Morgan fingerprint density at radius 1 is 1.22 bits per heavy atom. The first-order valence-electron chi connectivity index (χ1n) is 7.13. The number of unbranched alkanes of at least 4 members (excludes halogenated alkanes) is 1. The number of rotatable bonds is 5. The standard InChI is InChI=1S/C16H23NO/c1-2-3-11-17-12-9-15(10-13-17)16(18)14-7-5-4-6-8-14/h4-8,15H,2-3,9-13H2,1H3. The molecule has 0 atom stereocenters. The summed E-state index contributed by atoms with van der Waals surface area (Å²) in [7, 11) is 0. The van der Waals surface area contributed by atoms with Crippen molar-refractivity contribution in [2.45, 2.75) is 32.6 Å². The van der Waals surface area contributed by atoms with E-state index in [1.807, 2.05) is 30.3 Å². The van der Waals surface area contributed by atoms with Gasteiger partial charge in [-0.15, -0.1) is 0 Å². The molecular formula is C16H23NO. The first kappa shape index (κ1) is 13.3. The van der Waals surface area contributed by atoms with Crippen LogP contribution in [0.15, 0.2) is 30.3 Å². The first-order valence-corrected chi connectivity index (χ1v) is 7.13. The fraction of sp³-hybridized carbons (Fsp3) is 0.562. The Hall–Kier alpha value is -1.15. The highest BCUT2D eigenvalue weighted by atomic mass is 16.1. The molecule has 1 saturated heterocycles. The van der Waals surface area contributed by atoms with Gasteiger partial charge in [0.25, 0.3) is 0 Å². The van der Waals surface area contributed by atoms with E-state index in [9.17, 15) is 4.79 Å². The molecule has 0 radical (unpaired) electrons. The lowest BCUT2D eigenvalue weighted by molar-refractivity contribution is 0.0839. The maximum absolute atomic E-state index is 12.3. The first-order chi connectivity index (χ1) is 8.81. The predicted octanol–water partition coefficient (Wildman–Crippen LogP) is 3.38. The molecule has 1 aliphatic rings. The van der Waals surface area contributed by atoms with E-state index in [0.717, 1.165) is 31.5 Å². The Morgan fingerprint density at radius 2 is 1.89 bits per heavy atom. The van der Waals surface area contributed by atoms with Crippen LogP contribution in [0.3, 0.4) is 0 Å². The highest BCUT2D eigenvalue weighted by molar-refractivity contribution is 5.97. The van der Waals surface area contributed by atoms with E-state index in [2.05, 4.69) is 11.8 Å². The van der Waals surface area contributed by atoms with Gasteiger partial charge in [0.2, 0.25) is 0 Å². The topological polar surface area (TPSA) is 20.3 Å². The molecule has 1 aromatic rings. The van der Waals surface area contributed by atoms with Gasteiger partial charge in [0.15, 0.2) is 5.78 Å². The molecule has 1 aliphatic heterocycles. The number of likely N-dealkylation sites (tertiary alicyclic amines) is 1. The van der Waals surface area contributed by atoms with Gasteiger partial charge < -0.3 is 4.90 Å². The lowest BCUT2D eigenvalue weighted by atomic mass is 9.89. The van der Waals surface area contributed by atoms with Crippen LogP contribution in [0, 0.1) is 5.92 Å². The van der Waals surface area contributed by atoms with Crippen molar-refractivity contribution in [3.63, 3.8) is 0 Å². The Bertz CT molecular complexity index is 366. The molecule has 1 fully saturated rings. The molecule has 98 valence electrons. The summed E-state index contributed by atoms with van der Waals surface area (Å²) in [4.78, 5) is 14.8. The fourth-order valence-corrected chi connectivity index (χ4v) is 2.64. The van der Waals surface area contributed by atoms with Crippen LogP contribution < -0.4 is 0 Å². The SMILES string of the molecule is CCCCN1CCC(C(=O)c2ccccc2)CC1. The summed E-state index contributed by atoms with van der Waals surface area (Å²) in [6.07, 6.45) is 4.58. The van der Waals surface area contributed by atoms with Crippen molar-refractivity contribution in [1.82, 2.24) is 4.90 Å². The Balaban J connectivity index is 1.84. The fourth-order valence-electron chi connectivity index (χ4n) is 2.64.